The zero-order valence-electron chi connectivity index (χ0n) is 13.8. The van der Waals surface area contributed by atoms with Gasteiger partial charge in [0.15, 0.2) is 0 Å². The summed E-state index contributed by atoms with van der Waals surface area (Å²) in [6.07, 6.45) is 3.30. The molecule has 4 nitrogen and oxygen atoms in total. The second kappa shape index (κ2) is 5.06. The van der Waals surface area contributed by atoms with Crippen molar-refractivity contribution in [2.45, 2.75) is 26.7 Å². The number of nitrogens with one attached hydrogen (secondary N) is 1. The van der Waals surface area contributed by atoms with E-state index in [1.165, 1.54) is 17.3 Å². The highest BCUT2D eigenvalue weighted by molar-refractivity contribution is 6.06. The van der Waals surface area contributed by atoms with Gasteiger partial charge >= 0.3 is 0 Å². The van der Waals surface area contributed by atoms with Crippen LogP contribution in [0.2, 0.25) is 0 Å². The summed E-state index contributed by atoms with van der Waals surface area (Å²) < 4.78 is 0. The molecule has 0 saturated heterocycles. The molecule has 1 aliphatic carbocycles. The third kappa shape index (κ3) is 1.92. The summed E-state index contributed by atoms with van der Waals surface area (Å²) in [5.74, 6) is 0.345. The number of benzene rings is 2. The number of hydrogen-bond donors (Lipinski definition) is 3. The molecule has 4 rings (SSSR count). The number of hydrogen-bond acceptors (Lipinski definition) is 4. The van der Waals surface area contributed by atoms with Gasteiger partial charge in [0.25, 0.3) is 0 Å². The fraction of sp³-hybridized carbons (Fsp3) is 0.200. The molecule has 24 heavy (non-hydrogen) atoms. The second-order valence-corrected chi connectivity index (χ2v) is 6.48. The number of anilines is 1. The van der Waals surface area contributed by atoms with Gasteiger partial charge in [-0.1, -0.05) is 0 Å². The van der Waals surface area contributed by atoms with E-state index in [9.17, 15) is 5.11 Å². The van der Waals surface area contributed by atoms with Crippen LogP contribution < -0.4 is 5.73 Å². The standard InChI is InChI=1S/C20H19N3O/c1-10-7-12(8-11(2)20(10)24)19-14-4-3-13(14)18-15(9-21)16(22)5-6-17(18)23-19/h5-9,21,24H,3-4,22H2,1-2H3. The maximum atomic E-state index is 10.0. The molecule has 3 aromatic rings. The first-order valence-corrected chi connectivity index (χ1v) is 8.06. The Kier molecular flexibility index (Phi) is 3.10. The van der Waals surface area contributed by atoms with Gasteiger partial charge in [-0.2, -0.15) is 0 Å². The largest absolute Gasteiger partial charge is 0.507 e. The van der Waals surface area contributed by atoms with Gasteiger partial charge < -0.3 is 16.2 Å². The van der Waals surface area contributed by atoms with Crippen molar-refractivity contribution < 1.29 is 5.11 Å². The van der Waals surface area contributed by atoms with E-state index in [-0.39, 0.29) is 0 Å². The van der Waals surface area contributed by atoms with Crippen LogP contribution in [0.15, 0.2) is 24.3 Å². The molecule has 0 radical (unpaired) electrons. The third-order valence-electron chi connectivity index (χ3n) is 4.98. The molecule has 0 saturated carbocycles. The molecule has 0 unspecified atom stereocenters. The molecule has 0 fully saturated rings. The molecule has 4 heteroatoms. The fourth-order valence-electron chi connectivity index (χ4n) is 3.62. The van der Waals surface area contributed by atoms with E-state index in [4.69, 9.17) is 16.1 Å². The maximum Gasteiger partial charge on any atom is 0.121 e. The number of nitrogens with two attached hydrogens (primary N) is 1. The molecule has 0 atom stereocenters. The highest BCUT2D eigenvalue weighted by atomic mass is 16.3. The first-order valence-electron chi connectivity index (χ1n) is 8.06. The number of aromatic hydroxyl groups is 1. The lowest BCUT2D eigenvalue weighted by molar-refractivity contribution is 0.467. The topological polar surface area (TPSA) is 83.0 Å². The van der Waals surface area contributed by atoms with Crippen LogP contribution in [0.1, 0.15) is 27.8 Å². The van der Waals surface area contributed by atoms with E-state index in [2.05, 4.69) is 0 Å². The van der Waals surface area contributed by atoms with Gasteiger partial charge in [-0.3, -0.25) is 0 Å². The van der Waals surface area contributed by atoms with E-state index in [1.807, 2.05) is 38.1 Å². The highest BCUT2D eigenvalue weighted by Crippen LogP contribution is 2.40. The second-order valence-electron chi connectivity index (χ2n) is 6.48. The van der Waals surface area contributed by atoms with Crippen molar-refractivity contribution in [2.24, 2.45) is 0 Å². The van der Waals surface area contributed by atoms with Crippen LogP contribution in [0.25, 0.3) is 22.2 Å². The van der Waals surface area contributed by atoms with Gasteiger partial charge in [0.1, 0.15) is 5.75 Å². The van der Waals surface area contributed by atoms with Crippen LogP contribution in [0.3, 0.4) is 0 Å². The Labute approximate surface area is 140 Å². The number of aryl methyl sites for hydroxylation is 3. The monoisotopic (exact) mass is 317 g/mol. The molecule has 1 heterocycles. The summed E-state index contributed by atoms with van der Waals surface area (Å²) in [5.41, 5.74) is 14.5. The van der Waals surface area contributed by atoms with E-state index >= 15 is 0 Å². The van der Waals surface area contributed by atoms with Crippen molar-refractivity contribution in [3.8, 4) is 17.0 Å². The number of pyridine rings is 1. The zero-order chi connectivity index (χ0) is 17.0. The first kappa shape index (κ1) is 14.7. The van der Waals surface area contributed by atoms with Crippen LogP contribution in [-0.2, 0) is 12.8 Å². The molecule has 0 bridgehead atoms. The molecule has 2 aromatic carbocycles. The SMILES string of the molecule is Cc1cc(-c2nc3ccc(N)c(C=N)c3c3c2CC3)cc(C)c1O. The van der Waals surface area contributed by atoms with E-state index < -0.39 is 0 Å². The van der Waals surface area contributed by atoms with Crippen molar-refractivity contribution >= 4 is 22.8 Å². The molecule has 120 valence electrons. The van der Waals surface area contributed by atoms with Crippen LogP contribution in [0.4, 0.5) is 5.69 Å². The van der Waals surface area contributed by atoms with Crippen LogP contribution >= 0.6 is 0 Å². The minimum absolute atomic E-state index is 0.345. The summed E-state index contributed by atoms with van der Waals surface area (Å²) in [7, 11) is 0. The van der Waals surface area contributed by atoms with Crippen molar-refractivity contribution in [1.29, 1.82) is 5.41 Å². The van der Waals surface area contributed by atoms with Crippen molar-refractivity contribution in [3.05, 3.63) is 52.1 Å². The lowest BCUT2D eigenvalue weighted by Crippen LogP contribution is -2.14. The maximum absolute atomic E-state index is 10.0. The minimum Gasteiger partial charge on any atom is -0.507 e. The van der Waals surface area contributed by atoms with Crippen LogP contribution in [-0.4, -0.2) is 16.3 Å². The smallest absolute Gasteiger partial charge is 0.121 e. The predicted molar refractivity (Wildman–Crippen MR) is 98.0 cm³/mol. The molecular weight excluding hydrogens is 298 g/mol. The summed E-state index contributed by atoms with van der Waals surface area (Å²) in [5, 5.41) is 18.7. The Morgan fingerprint density at radius 1 is 1.12 bits per heavy atom. The molecule has 0 spiro atoms. The van der Waals surface area contributed by atoms with Crippen molar-refractivity contribution in [1.82, 2.24) is 4.98 Å². The lowest BCUT2D eigenvalue weighted by atomic mass is 9.81. The predicted octanol–water partition coefficient (Wildman–Crippen LogP) is 3.90. The van der Waals surface area contributed by atoms with Crippen molar-refractivity contribution in [2.75, 3.05) is 5.73 Å². The summed E-state index contributed by atoms with van der Waals surface area (Å²) in [6.45, 7) is 3.82. The number of nitrogen functional groups attached to an aromatic ring is 1. The van der Waals surface area contributed by atoms with Crippen LogP contribution in [0, 0.1) is 19.3 Å². The van der Waals surface area contributed by atoms with Gasteiger partial charge in [-0.25, -0.2) is 4.98 Å². The van der Waals surface area contributed by atoms with Gasteiger partial charge in [0.05, 0.1) is 11.2 Å². The summed E-state index contributed by atoms with van der Waals surface area (Å²) in [6, 6.07) is 7.73. The van der Waals surface area contributed by atoms with Gasteiger partial charge in [-0.05, 0) is 73.2 Å². The molecule has 1 aromatic heterocycles. The van der Waals surface area contributed by atoms with E-state index in [1.54, 1.807) is 0 Å². The third-order valence-corrected chi connectivity index (χ3v) is 4.98. The Balaban J connectivity index is 2.05. The Morgan fingerprint density at radius 3 is 2.38 bits per heavy atom. The lowest BCUT2D eigenvalue weighted by Gasteiger charge is -2.26. The number of rotatable bonds is 2. The Morgan fingerprint density at radius 2 is 1.79 bits per heavy atom. The number of aromatic nitrogens is 1. The van der Waals surface area contributed by atoms with Crippen molar-refractivity contribution in [3.63, 3.8) is 0 Å². The van der Waals surface area contributed by atoms with Gasteiger partial charge in [0, 0.05) is 28.4 Å². The Hall–Kier alpha value is -2.88. The number of phenolic OH excluding ortho intramolecular Hbond substituents is 1. The first-order chi connectivity index (χ1) is 11.5. The number of phenols is 1. The minimum atomic E-state index is 0.345. The fourth-order valence-corrected chi connectivity index (χ4v) is 3.62. The quantitative estimate of drug-likeness (QED) is 0.495. The van der Waals surface area contributed by atoms with E-state index in [0.29, 0.717) is 11.4 Å². The van der Waals surface area contributed by atoms with Crippen LogP contribution in [0.5, 0.6) is 5.75 Å². The molecule has 4 N–H and O–H groups in total. The average molecular weight is 317 g/mol. The van der Waals surface area contributed by atoms with E-state index in [0.717, 1.165) is 51.7 Å². The Bertz CT molecular complexity index is 998. The average Bonchev–Trinajstić information content (AvgIpc) is 2.52. The zero-order valence-corrected chi connectivity index (χ0v) is 13.8. The summed E-state index contributed by atoms with van der Waals surface area (Å²) >= 11 is 0. The normalized spacial score (nSPS) is 12.8. The van der Waals surface area contributed by atoms with Gasteiger partial charge in [0.2, 0.25) is 0 Å². The molecule has 1 aliphatic rings. The van der Waals surface area contributed by atoms with Gasteiger partial charge in [-0.15, -0.1) is 0 Å². The summed E-state index contributed by atoms with van der Waals surface area (Å²) in [4.78, 5) is 4.88. The highest BCUT2D eigenvalue weighted by Gasteiger charge is 2.25. The number of nitrogens with zero attached hydrogens (tertiary/aromatic N) is 1. The molecule has 0 amide bonds. The molecular formula is C20H19N3O. The number of fused-ring (bicyclic) bond motifs is 3. The molecule has 0 aliphatic heterocycles.